The molecule has 0 radical (unpaired) electrons. The van der Waals surface area contributed by atoms with Crippen LogP contribution >= 0.6 is 0 Å². The molecule has 3 rings (SSSR count). The van der Waals surface area contributed by atoms with Crippen molar-refractivity contribution in [3.8, 4) is 5.75 Å². The lowest BCUT2D eigenvalue weighted by Crippen LogP contribution is -2.28. The molecule has 5 nitrogen and oxygen atoms in total. The molecule has 2 aromatic carbocycles. The number of nitrogens with two attached hydrogens (primary N) is 1. The maximum Gasteiger partial charge on any atom is 0.221 e. The molecule has 0 aliphatic heterocycles. The second-order valence-corrected chi connectivity index (χ2v) is 7.29. The average Bonchev–Trinajstić information content (AvgIpc) is 2.80. The molecule has 1 aliphatic carbocycles. The Morgan fingerprint density at radius 1 is 1.30 bits per heavy atom. The van der Waals surface area contributed by atoms with Crippen molar-refractivity contribution < 1.29 is 14.6 Å². The van der Waals surface area contributed by atoms with E-state index in [4.69, 9.17) is 10.5 Å². The van der Waals surface area contributed by atoms with Crippen LogP contribution in [0.25, 0.3) is 0 Å². The first-order valence-corrected chi connectivity index (χ1v) is 9.55. The van der Waals surface area contributed by atoms with Gasteiger partial charge in [-0.1, -0.05) is 24.3 Å². The van der Waals surface area contributed by atoms with Gasteiger partial charge in [0.25, 0.3) is 0 Å². The number of carbonyl (C=O) groups excluding carboxylic acids is 1. The summed E-state index contributed by atoms with van der Waals surface area (Å²) in [6.45, 7) is 1.75. The molecule has 0 fully saturated rings. The van der Waals surface area contributed by atoms with E-state index in [0.717, 1.165) is 36.3 Å². The molecule has 2 unspecified atom stereocenters. The first-order valence-electron chi connectivity index (χ1n) is 9.55. The van der Waals surface area contributed by atoms with Crippen LogP contribution in [0, 0.1) is 5.92 Å². The average molecular weight is 368 g/mol. The quantitative estimate of drug-likeness (QED) is 0.682. The third-order valence-corrected chi connectivity index (χ3v) is 5.11. The number of nitrogens with one attached hydrogen (secondary N) is 1. The first kappa shape index (κ1) is 19.4. The van der Waals surface area contributed by atoms with Gasteiger partial charge in [0.05, 0.1) is 6.10 Å². The maximum absolute atomic E-state index is 11.3. The zero-order valence-corrected chi connectivity index (χ0v) is 15.7. The van der Waals surface area contributed by atoms with Gasteiger partial charge in [0, 0.05) is 18.7 Å². The predicted octanol–water partition coefficient (Wildman–Crippen LogP) is 3.43. The molecule has 0 saturated carbocycles. The van der Waals surface area contributed by atoms with E-state index in [1.807, 2.05) is 42.5 Å². The topological polar surface area (TPSA) is 84.6 Å². The molecule has 0 spiro atoms. The third kappa shape index (κ3) is 5.31. The largest absolute Gasteiger partial charge is 0.491 e. The van der Waals surface area contributed by atoms with Crippen LogP contribution in [0.3, 0.4) is 0 Å². The van der Waals surface area contributed by atoms with Crippen molar-refractivity contribution in [3.05, 3.63) is 59.7 Å². The summed E-state index contributed by atoms with van der Waals surface area (Å²) >= 11 is 0. The van der Waals surface area contributed by atoms with Gasteiger partial charge in [-0.2, -0.15) is 0 Å². The van der Waals surface area contributed by atoms with Gasteiger partial charge in [-0.15, -0.1) is 0 Å². The summed E-state index contributed by atoms with van der Waals surface area (Å²) in [6, 6.07) is 15.3. The van der Waals surface area contributed by atoms with E-state index in [1.54, 1.807) is 0 Å². The van der Waals surface area contributed by atoms with Gasteiger partial charge in [-0.3, -0.25) is 4.79 Å². The van der Waals surface area contributed by atoms with Crippen LogP contribution in [-0.4, -0.2) is 23.7 Å². The number of benzene rings is 2. The molecule has 4 N–H and O–H groups in total. The Morgan fingerprint density at radius 3 is 2.81 bits per heavy atom. The summed E-state index contributed by atoms with van der Waals surface area (Å²) in [5.41, 5.74) is 9.65. The van der Waals surface area contributed by atoms with Crippen molar-refractivity contribution in [1.29, 1.82) is 0 Å². The van der Waals surface area contributed by atoms with E-state index in [2.05, 4.69) is 11.4 Å². The van der Waals surface area contributed by atoms with Gasteiger partial charge in [0.15, 0.2) is 0 Å². The molecule has 0 aromatic heterocycles. The van der Waals surface area contributed by atoms with Gasteiger partial charge < -0.3 is 20.9 Å². The molecule has 1 amide bonds. The normalized spacial score (nSPS) is 20.3. The number of hydrogen-bond donors (Lipinski definition) is 3. The summed E-state index contributed by atoms with van der Waals surface area (Å²) < 4.78 is 5.67. The van der Waals surface area contributed by atoms with Gasteiger partial charge in [0.2, 0.25) is 5.91 Å². The molecule has 5 heteroatoms. The smallest absolute Gasteiger partial charge is 0.221 e. The second-order valence-electron chi connectivity index (χ2n) is 7.29. The van der Waals surface area contributed by atoms with E-state index in [0.29, 0.717) is 6.42 Å². The minimum absolute atomic E-state index is 0.0952. The van der Waals surface area contributed by atoms with E-state index in [1.165, 1.54) is 12.5 Å². The van der Waals surface area contributed by atoms with E-state index in [9.17, 15) is 9.90 Å². The van der Waals surface area contributed by atoms with Crippen LogP contribution in [0.2, 0.25) is 0 Å². The van der Waals surface area contributed by atoms with Gasteiger partial charge in [0.1, 0.15) is 12.4 Å². The Kier molecular flexibility index (Phi) is 6.48. The number of ether oxygens (including phenoxy) is 1. The fourth-order valence-corrected chi connectivity index (χ4v) is 3.79. The molecular weight excluding hydrogens is 340 g/mol. The molecule has 2 aromatic rings. The lowest BCUT2D eigenvalue weighted by molar-refractivity contribution is -0.114. The molecule has 0 heterocycles. The number of aliphatic hydroxyl groups excluding tert-OH is 1. The van der Waals surface area contributed by atoms with Crippen LogP contribution in [0.1, 0.15) is 43.4 Å². The minimum atomic E-state index is -0.568. The highest BCUT2D eigenvalue weighted by molar-refractivity contribution is 5.88. The summed E-state index contributed by atoms with van der Waals surface area (Å²) in [7, 11) is 0. The van der Waals surface area contributed by atoms with E-state index in [-0.39, 0.29) is 24.5 Å². The van der Waals surface area contributed by atoms with Crippen LogP contribution in [-0.2, 0) is 11.2 Å². The van der Waals surface area contributed by atoms with Crippen LogP contribution < -0.4 is 15.8 Å². The van der Waals surface area contributed by atoms with Gasteiger partial charge >= 0.3 is 0 Å². The molecule has 0 bridgehead atoms. The van der Waals surface area contributed by atoms with Crippen molar-refractivity contribution >= 4 is 11.6 Å². The molecule has 3 atom stereocenters. The number of amides is 1. The Labute approximate surface area is 160 Å². The van der Waals surface area contributed by atoms with E-state index < -0.39 is 6.10 Å². The Bertz CT molecular complexity index is 763. The van der Waals surface area contributed by atoms with Crippen molar-refractivity contribution in [2.24, 2.45) is 11.7 Å². The number of fused-ring (bicyclic) bond motifs is 1. The Balaban J connectivity index is 1.65. The van der Waals surface area contributed by atoms with Crippen LogP contribution in [0.4, 0.5) is 5.69 Å². The molecule has 0 saturated heterocycles. The molecule has 27 heavy (non-hydrogen) atoms. The standard InChI is InChI=1S/C22H28N2O3/c1-15(25)24-18-11-10-16-6-5-7-17(22(23)21(16)13-18)12-19(26)14-27-20-8-3-2-4-9-20/h2-4,8-11,13,17,19,22,26H,5-7,12,14,23H2,1H3,(H,24,25)/t17?,19-,22?/m0/s1. The maximum atomic E-state index is 11.3. The van der Waals surface area contributed by atoms with Crippen LogP contribution in [0.15, 0.2) is 48.5 Å². The third-order valence-electron chi connectivity index (χ3n) is 5.11. The molecular formula is C22H28N2O3. The highest BCUT2D eigenvalue weighted by Gasteiger charge is 2.27. The lowest BCUT2D eigenvalue weighted by atomic mass is 9.87. The first-order chi connectivity index (χ1) is 13.0. The highest BCUT2D eigenvalue weighted by Crippen LogP contribution is 2.35. The van der Waals surface area contributed by atoms with Crippen LogP contribution in [0.5, 0.6) is 5.75 Å². The lowest BCUT2D eigenvalue weighted by Gasteiger charge is -2.25. The number of hydrogen-bond acceptors (Lipinski definition) is 4. The Hall–Kier alpha value is -2.37. The van der Waals surface area contributed by atoms with Gasteiger partial charge in [-0.05, 0) is 67.0 Å². The fourth-order valence-electron chi connectivity index (χ4n) is 3.79. The van der Waals surface area contributed by atoms with E-state index >= 15 is 0 Å². The number of rotatable bonds is 6. The zero-order chi connectivity index (χ0) is 19.2. The van der Waals surface area contributed by atoms with Crippen molar-refractivity contribution in [2.45, 2.75) is 44.8 Å². The number of para-hydroxylation sites is 1. The number of anilines is 1. The van der Waals surface area contributed by atoms with Crippen molar-refractivity contribution in [2.75, 3.05) is 11.9 Å². The number of aryl methyl sites for hydroxylation is 1. The SMILES string of the molecule is CC(=O)Nc1ccc2c(c1)C(N)C(C[C@H](O)COc1ccccc1)CCC2. The Morgan fingerprint density at radius 2 is 2.07 bits per heavy atom. The summed E-state index contributed by atoms with van der Waals surface area (Å²) in [6.07, 6.45) is 3.00. The fraction of sp³-hybridized carbons (Fsp3) is 0.409. The van der Waals surface area contributed by atoms with Gasteiger partial charge in [-0.25, -0.2) is 0 Å². The number of aliphatic hydroxyl groups is 1. The molecule has 1 aliphatic rings. The predicted molar refractivity (Wildman–Crippen MR) is 107 cm³/mol. The monoisotopic (exact) mass is 368 g/mol. The highest BCUT2D eigenvalue weighted by atomic mass is 16.5. The second kappa shape index (κ2) is 9.02. The zero-order valence-electron chi connectivity index (χ0n) is 15.7. The minimum Gasteiger partial charge on any atom is -0.491 e. The summed E-state index contributed by atoms with van der Waals surface area (Å²) in [5, 5.41) is 13.3. The summed E-state index contributed by atoms with van der Waals surface area (Å²) in [4.78, 5) is 11.3. The van der Waals surface area contributed by atoms with Crippen molar-refractivity contribution in [3.63, 3.8) is 0 Å². The summed E-state index contributed by atoms with van der Waals surface area (Å²) in [5.74, 6) is 0.836. The molecule has 144 valence electrons. The van der Waals surface area contributed by atoms with Crippen molar-refractivity contribution in [1.82, 2.24) is 0 Å². The number of carbonyl (C=O) groups is 1.